The van der Waals surface area contributed by atoms with Crippen LogP contribution in [0.15, 0.2) is 0 Å². The number of carbonyl (C=O) groups excluding carboxylic acids is 2. The summed E-state index contributed by atoms with van der Waals surface area (Å²) in [5, 5.41) is 0. The maximum Gasteiger partial charge on any atom is 0.331 e. The molecule has 0 aromatic rings. The van der Waals surface area contributed by atoms with Gasteiger partial charge in [0.2, 0.25) is 0 Å². The lowest BCUT2D eigenvalue weighted by Gasteiger charge is -2.34. The first-order chi connectivity index (χ1) is 7.91. The van der Waals surface area contributed by atoms with Gasteiger partial charge in [0.1, 0.15) is 11.6 Å². The molecule has 1 aliphatic heterocycles. The second-order valence-electron chi connectivity index (χ2n) is 4.68. The van der Waals surface area contributed by atoms with E-state index in [0.29, 0.717) is 13.2 Å². The molecule has 0 N–H and O–H groups in total. The second kappa shape index (κ2) is 5.49. The first-order valence-corrected chi connectivity index (χ1v) is 5.97. The molecule has 0 unspecified atom stereocenters. The third-order valence-electron chi connectivity index (χ3n) is 3.15. The molecule has 1 amide bonds. The number of amides is 1. The van der Waals surface area contributed by atoms with Crippen molar-refractivity contribution in [2.24, 2.45) is 0 Å². The van der Waals surface area contributed by atoms with Gasteiger partial charge in [-0.05, 0) is 33.6 Å². The quantitative estimate of drug-likeness (QED) is 0.690. The van der Waals surface area contributed by atoms with Crippen molar-refractivity contribution in [3.63, 3.8) is 0 Å². The van der Waals surface area contributed by atoms with Crippen LogP contribution >= 0.6 is 0 Å². The minimum absolute atomic E-state index is 0.152. The van der Waals surface area contributed by atoms with Crippen LogP contribution in [0, 0.1) is 0 Å². The van der Waals surface area contributed by atoms with E-state index < -0.39 is 17.6 Å². The summed E-state index contributed by atoms with van der Waals surface area (Å²) in [7, 11) is 1.61. The summed E-state index contributed by atoms with van der Waals surface area (Å²) in [4.78, 5) is 25.3. The Morgan fingerprint density at radius 3 is 2.59 bits per heavy atom. The van der Waals surface area contributed by atoms with Gasteiger partial charge in [-0.2, -0.15) is 0 Å². The molecule has 0 spiro atoms. The molecule has 98 valence electrons. The highest BCUT2D eigenvalue weighted by molar-refractivity contribution is 5.89. The first kappa shape index (κ1) is 14.0. The lowest BCUT2D eigenvalue weighted by Crippen LogP contribution is -2.54. The van der Waals surface area contributed by atoms with E-state index in [2.05, 4.69) is 0 Å². The lowest BCUT2D eigenvalue weighted by atomic mass is 10.0. The molecular weight excluding hydrogens is 222 g/mol. The van der Waals surface area contributed by atoms with E-state index in [4.69, 9.17) is 9.47 Å². The zero-order valence-electron chi connectivity index (χ0n) is 11.0. The van der Waals surface area contributed by atoms with E-state index in [1.54, 1.807) is 27.8 Å². The number of carbonyl (C=O) groups is 2. The van der Waals surface area contributed by atoms with E-state index in [0.717, 1.165) is 12.8 Å². The third-order valence-corrected chi connectivity index (χ3v) is 3.15. The highest BCUT2D eigenvalue weighted by Gasteiger charge is 2.40. The van der Waals surface area contributed by atoms with Crippen LogP contribution in [-0.2, 0) is 19.1 Å². The van der Waals surface area contributed by atoms with Crippen molar-refractivity contribution in [3.8, 4) is 0 Å². The summed E-state index contributed by atoms with van der Waals surface area (Å²) in [5.41, 5.74) is -0.959. The van der Waals surface area contributed by atoms with Gasteiger partial charge in [-0.1, -0.05) is 0 Å². The van der Waals surface area contributed by atoms with Crippen LogP contribution in [0.4, 0.5) is 0 Å². The Hall–Kier alpha value is -1.10. The minimum atomic E-state index is -0.959. The molecule has 1 heterocycles. The van der Waals surface area contributed by atoms with Crippen LogP contribution in [0.1, 0.15) is 33.6 Å². The second-order valence-corrected chi connectivity index (χ2v) is 4.68. The maximum absolute atomic E-state index is 12.1. The molecular formula is C12H21NO4. The number of rotatable bonds is 4. The predicted molar refractivity (Wildman–Crippen MR) is 62.5 cm³/mol. The van der Waals surface area contributed by atoms with Gasteiger partial charge in [0, 0.05) is 13.7 Å². The van der Waals surface area contributed by atoms with E-state index >= 15 is 0 Å². The van der Waals surface area contributed by atoms with E-state index in [9.17, 15) is 9.59 Å². The van der Waals surface area contributed by atoms with Crippen molar-refractivity contribution in [2.45, 2.75) is 45.3 Å². The molecule has 1 saturated heterocycles. The van der Waals surface area contributed by atoms with Gasteiger partial charge in [-0.3, -0.25) is 4.79 Å². The van der Waals surface area contributed by atoms with Crippen molar-refractivity contribution in [2.75, 3.05) is 20.3 Å². The van der Waals surface area contributed by atoms with Crippen LogP contribution in [-0.4, -0.2) is 48.7 Å². The third kappa shape index (κ3) is 2.97. The summed E-state index contributed by atoms with van der Waals surface area (Å²) in [6, 6.07) is 0. The van der Waals surface area contributed by atoms with Crippen LogP contribution in [0.5, 0.6) is 0 Å². The molecule has 0 aliphatic carbocycles. The molecule has 0 bridgehead atoms. The van der Waals surface area contributed by atoms with Crippen LogP contribution in [0.3, 0.4) is 0 Å². The first-order valence-electron chi connectivity index (χ1n) is 5.97. The Kier molecular flexibility index (Phi) is 4.51. The zero-order chi connectivity index (χ0) is 13.1. The van der Waals surface area contributed by atoms with Crippen LogP contribution in [0.2, 0.25) is 0 Å². The molecule has 0 saturated carbocycles. The lowest BCUT2D eigenvalue weighted by molar-refractivity contribution is -0.163. The van der Waals surface area contributed by atoms with Gasteiger partial charge in [0.15, 0.2) is 0 Å². The fourth-order valence-corrected chi connectivity index (χ4v) is 1.71. The Morgan fingerprint density at radius 2 is 2.12 bits per heavy atom. The molecule has 0 aromatic carbocycles. The standard InChI is InChI=1S/C12H21NO4/c1-5-16-11(15)12(2,3)13(4)10(14)9-7-6-8-17-9/h9H,5-8H2,1-4H3/t9-/m0/s1. The molecule has 0 aromatic heterocycles. The average molecular weight is 243 g/mol. The predicted octanol–water partition coefficient (Wildman–Crippen LogP) is 0.965. The van der Waals surface area contributed by atoms with Crippen LogP contribution < -0.4 is 0 Å². The van der Waals surface area contributed by atoms with Gasteiger partial charge in [-0.15, -0.1) is 0 Å². The molecule has 5 nitrogen and oxygen atoms in total. The normalized spacial score (nSPS) is 20.1. The van der Waals surface area contributed by atoms with Crippen molar-refractivity contribution >= 4 is 11.9 Å². The van der Waals surface area contributed by atoms with Crippen LogP contribution in [0.25, 0.3) is 0 Å². The van der Waals surface area contributed by atoms with Crippen molar-refractivity contribution in [1.82, 2.24) is 4.90 Å². The van der Waals surface area contributed by atoms with Crippen molar-refractivity contribution in [3.05, 3.63) is 0 Å². The monoisotopic (exact) mass is 243 g/mol. The van der Waals surface area contributed by atoms with Gasteiger partial charge < -0.3 is 14.4 Å². The number of hydrogen-bond acceptors (Lipinski definition) is 4. The van der Waals surface area contributed by atoms with Crippen molar-refractivity contribution in [1.29, 1.82) is 0 Å². The Balaban J connectivity index is 2.69. The van der Waals surface area contributed by atoms with Gasteiger partial charge in [0.25, 0.3) is 5.91 Å². The molecule has 1 aliphatic rings. The van der Waals surface area contributed by atoms with E-state index in [1.165, 1.54) is 4.90 Å². The molecule has 5 heteroatoms. The minimum Gasteiger partial charge on any atom is -0.464 e. The number of likely N-dealkylation sites (N-methyl/N-ethyl adjacent to an activating group) is 1. The fraction of sp³-hybridized carbons (Fsp3) is 0.833. The molecule has 0 radical (unpaired) electrons. The van der Waals surface area contributed by atoms with Crippen molar-refractivity contribution < 1.29 is 19.1 Å². The molecule has 1 fully saturated rings. The Labute approximate surface area is 102 Å². The highest BCUT2D eigenvalue weighted by atomic mass is 16.5. The van der Waals surface area contributed by atoms with Gasteiger partial charge >= 0.3 is 5.97 Å². The fourth-order valence-electron chi connectivity index (χ4n) is 1.71. The molecule has 1 rings (SSSR count). The average Bonchev–Trinajstić information content (AvgIpc) is 2.80. The number of esters is 1. The van der Waals surface area contributed by atoms with E-state index in [-0.39, 0.29) is 5.91 Å². The maximum atomic E-state index is 12.1. The summed E-state index contributed by atoms with van der Waals surface area (Å²) >= 11 is 0. The van der Waals surface area contributed by atoms with E-state index in [1.807, 2.05) is 0 Å². The largest absolute Gasteiger partial charge is 0.464 e. The molecule has 1 atom stereocenters. The van der Waals surface area contributed by atoms with Gasteiger partial charge in [0.05, 0.1) is 6.61 Å². The zero-order valence-corrected chi connectivity index (χ0v) is 11.0. The topological polar surface area (TPSA) is 55.8 Å². The Morgan fingerprint density at radius 1 is 1.47 bits per heavy atom. The summed E-state index contributed by atoms with van der Waals surface area (Å²) < 4.78 is 10.3. The summed E-state index contributed by atoms with van der Waals surface area (Å²) in [6.07, 6.45) is 1.21. The summed E-state index contributed by atoms with van der Waals surface area (Å²) in [5.74, 6) is -0.547. The smallest absolute Gasteiger partial charge is 0.331 e. The number of nitrogens with zero attached hydrogens (tertiary/aromatic N) is 1. The highest BCUT2D eigenvalue weighted by Crippen LogP contribution is 2.20. The SMILES string of the molecule is CCOC(=O)C(C)(C)N(C)C(=O)[C@@H]1CCCO1. The number of hydrogen-bond donors (Lipinski definition) is 0. The molecule has 17 heavy (non-hydrogen) atoms. The van der Waals surface area contributed by atoms with Gasteiger partial charge in [-0.25, -0.2) is 4.79 Å². The Bertz CT molecular complexity index is 295. The summed E-state index contributed by atoms with van der Waals surface area (Å²) in [6.45, 7) is 6.03. The number of ether oxygens (including phenoxy) is 2.